The van der Waals surface area contributed by atoms with Gasteiger partial charge in [-0.05, 0) is 30.5 Å². The molecule has 0 amide bonds. The van der Waals surface area contributed by atoms with Crippen LogP contribution in [-0.4, -0.2) is 18.3 Å². The average Bonchev–Trinajstić information content (AvgIpc) is 2.86. The topological polar surface area (TPSA) is 49.7 Å². The largest absolute Gasteiger partial charge is 0.494 e. The molecule has 2 aromatic carbocycles. The third kappa shape index (κ3) is 6.78. The van der Waals surface area contributed by atoms with Gasteiger partial charge < -0.3 is 18.8 Å². The van der Waals surface area contributed by atoms with Gasteiger partial charge in [-0.3, -0.25) is 4.79 Å². The Labute approximate surface area is 203 Å². The Morgan fingerprint density at radius 3 is 2.26 bits per heavy atom. The van der Waals surface area contributed by atoms with Gasteiger partial charge in [-0.15, -0.1) is 0 Å². The van der Waals surface area contributed by atoms with Crippen LogP contribution in [-0.2, 0) is 13.2 Å². The molecule has 0 N–H and O–H groups in total. The van der Waals surface area contributed by atoms with Crippen molar-refractivity contribution < 1.29 is 14.2 Å². The van der Waals surface area contributed by atoms with Crippen molar-refractivity contribution in [1.82, 2.24) is 4.57 Å². The summed E-state index contributed by atoms with van der Waals surface area (Å²) >= 11 is 0. The summed E-state index contributed by atoms with van der Waals surface area (Å²) in [4.78, 5) is 13.6. The lowest BCUT2D eigenvalue weighted by Crippen LogP contribution is -2.23. The van der Waals surface area contributed by atoms with Gasteiger partial charge in [0.05, 0.1) is 19.2 Å². The summed E-state index contributed by atoms with van der Waals surface area (Å²) in [6, 6.07) is 15.8. The third-order valence-electron chi connectivity index (χ3n) is 6.08. The highest BCUT2D eigenvalue weighted by Gasteiger charge is 2.20. The van der Waals surface area contributed by atoms with Gasteiger partial charge >= 0.3 is 0 Å². The number of fused-ring (bicyclic) bond motifs is 1. The molecule has 184 valence electrons. The minimum atomic E-state index is -0.153. The fraction of sp³-hybridized carbons (Fsp3) is 0.483. The molecule has 1 aromatic heterocycles. The molecule has 0 aliphatic rings. The van der Waals surface area contributed by atoms with Crippen molar-refractivity contribution in [3.8, 4) is 17.2 Å². The van der Waals surface area contributed by atoms with Crippen LogP contribution in [0.2, 0.25) is 0 Å². The smallest absolute Gasteiger partial charge is 0.297 e. The van der Waals surface area contributed by atoms with E-state index in [2.05, 4.69) is 13.8 Å². The second kappa shape index (κ2) is 13.7. The van der Waals surface area contributed by atoms with Gasteiger partial charge in [-0.25, -0.2) is 0 Å². The number of pyridine rings is 1. The van der Waals surface area contributed by atoms with E-state index in [1.54, 1.807) is 7.11 Å². The van der Waals surface area contributed by atoms with Crippen LogP contribution in [0.1, 0.15) is 70.8 Å². The predicted molar refractivity (Wildman–Crippen MR) is 139 cm³/mol. The fourth-order valence-corrected chi connectivity index (χ4v) is 4.13. The van der Waals surface area contributed by atoms with E-state index < -0.39 is 0 Å². The SMILES string of the molecule is CCCCCCCCn1c(=O)c(OCc2ccccc2)c(OC)c2ccc(OCCCC)cc21. The number of benzene rings is 2. The number of methoxy groups -OCH3 is 1. The van der Waals surface area contributed by atoms with Crippen molar-refractivity contribution >= 4 is 10.9 Å². The van der Waals surface area contributed by atoms with E-state index in [1.807, 2.05) is 53.1 Å². The molecule has 0 fully saturated rings. The Bertz CT molecular complexity index is 1070. The van der Waals surface area contributed by atoms with E-state index in [0.717, 1.165) is 47.9 Å². The first-order valence-electron chi connectivity index (χ1n) is 12.7. The summed E-state index contributed by atoms with van der Waals surface area (Å²) in [7, 11) is 1.59. The van der Waals surface area contributed by atoms with Gasteiger partial charge in [0.15, 0.2) is 5.75 Å². The average molecular weight is 466 g/mol. The summed E-state index contributed by atoms with van der Waals surface area (Å²) in [5.74, 6) is 1.52. The Balaban J connectivity index is 1.95. The third-order valence-corrected chi connectivity index (χ3v) is 6.08. The monoisotopic (exact) mass is 465 g/mol. The Morgan fingerprint density at radius 2 is 1.53 bits per heavy atom. The summed E-state index contributed by atoms with van der Waals surface area (Å²) in [6.07, 6.45) is 9.06. The summed E-state index contributed by atoms with van der Waals surface area (Å²) in [6.45, 7) is 5.99. The minimum absolute atomic E-state index is 0.153. The molecule has 5 nitrogen and oxygen atoms in total. The molecule has 0 atom stereocenters. The Morgan fingerprint density at radius 1 is 0.794 bits per heavy atom. The summed E-state index contributed by atoms with van der Waals surface area (Å²) < 4.78 is 19.6. The number of nitrogens with zero attached hydrogens (tertiary/aromatic N) is 1. The van der Waals surface area contributed by atoms with Gasteiger partial charge in [-0.2, -0.15) is 0 Å². The summed E-state index contributed by atoms with van der Waals surface area (Å²) in [5, 5.41) is 0.860. The second-order valence-corrected chi connectivity index (χ2v) is 8.74. The molecular formula is C29H39NO4. The van der Waals surface area contributed by atoms with Gasteiger partial charge in [0.2, 0.25) is 5.75 Å². The zero-order valence-electron chi connectivity index (χ0n) is 21.0. The normalized spacial score (nSPS) is 11.0. The maximum absolute atomic E-state index is 13.6. The number of rotatable bonds is 15. The maximum Gasteiger partial charge on any atom is 0.297 e. The first kappa shape index (κ1) is 25.7. The van der Waals surface area contributed by atoms with Crippen LogP contribution in [0.25, 0.3) is 10.9 Å². The van der Waals surface area contributed by atoms with Crippen LogP contribution < -0.4 is 19.8 Å². The van der Waals surface area contributed by atoms with E-state index in [4.69, 9.17) is 14.2 Å². The summed E-state index contributed by atoms with van der Waals surface area (Å²) in [5.41, 5.74) is 1.68. The first-order chi connectivity index (χ1) is 16.7. The van der Waals surface area contributed by atoms with Crippen LogP contribution in [0.5, 0.6) is 17.2 Å². The molecular weight excluding hydrogens is 426 g/mol. The number of hydrogen-bond donors (Lipinski definition) is 0. The highest BCUT2D eigenvalue weighted by Crippen LogP contribution is 2.35. The highest BCUT2D eigenvalue weighted by atomic mass is 16.5. The van der Waals surface area contributed by atoms with Crippen LogP contribution in [0, 0.1) is 0 Å². The zero-order valence-corrected chi connectivity index (χ0v) is 21.0. The van der Waals surface area contributed by atoms with Gasteiger partial charge in [-0.1, -0.05) is 82.7 Å². The van der Waals surface area contributed by atoms with Crippen molar-refractivity contribution in [3.63, 3.8) is 0 Å². The quantitative estimate of drug-likeness (QED) is 0.224. The van der Waals surface area contributed by atoms with E-state index >= 15 is 0 Å². The molecule has 3 rings (SSSR count). The molecule has 1 heterocycles. The Hall–Kier alpha value is -2.95. The molecule has 0 aliphatic carbocycles. The number of unbranched alkanes of at least 4 members (excludes halogenated alkanes) is 6. The first-order valence-corrected chi connectivity index (χ1v) is 12.7. The molecule has 0 unspecified atom stereocenters. The van der Waals surface area contributed by atoms with Gasteiger partial charge in [0.25, 0.3) is 5.56 Å². The van der Waals surface area contributed by atoms with Crippen LogP contribution in [0.3, 0.4) is 0 Å². The molecule has 0 saturated heterocycles. The van der Waals surface area contributed by atoms with Crippen molar-refractivity contribution in [2.45, 2.75) is 78.4 Å². The molecule has 5 heteroatoms. The molecule has 0 spiro atoms. The molecule has 0 saturated carbocycles. The fourth-order valence-electron chi connectivity index (χ4n) is 4.13. The second-order valence-electron chi connectivity index (χ2n) is 8.74. The van der Waals surface area contributed by atoms with E-state index in [1.165, 1.54) is 25.7 Å². The zero-order chi connectivity index (χ0) is 24.2. The number of hydrogen-bond acceptors (Lipinski definition) is 4. The lowest BCUT2D eigenvalue weighted by Gasteiger charge is -2.18. The lowest BCUT2D eigenvalue weighted by atomic mass is 10.1. The molecule has 0 radical (unpaired) electrons. The maximum atomic E-state index is 13.6. The number of aryl methyl sites for hydroxylation is 1. The molecule has 0 aliphatic heterocycles. The molecule has 0 bridgehead atoms. The van der Waals surface area contributed by atoms with Crippen LogP contribution in [0.4, 0.5) is 0 Å². The minimum Gasteiger partial charge on any atom is -0.494 e. The van der Waals surface area contributed by atoms with Crippen molar-refractivity contribution in [2.75, 3.05) is 13.7 Å². The number of aromatic nitrogens is 1. The van der Waals surface area contributed by atoms with Crippen molar-refractivity contribution in [1.29, 1.82) is 0 Å². The van der Waals surface area contributed by atoms with E-state index in [-0.39, 0.29) is 11.3 Å². The Kier molecular flexibility index (Phi) is 10.3. The molecule has 3 aromatic rings. The van der Waals surface area contributed by atoms with Crippen LogP contribution in [0.15, 0.2) is 53.3 Å². The van der Waals surface area contributed by atoms with Crippen molar-refractivity contribution in [2.24, 2.45) is 0 Å². The molecule has 34 heavy (non-hydrogen) atoms. The lowest BCUT2D eigenvalue weighted by molar-refractivity contribution is 0.279. The van der Waals surface area contributed by atoms with Crippen molar-refractivity contribution in [3.05, 3.63) is 64.4 Å². The van der Waals surface area contributed by atoms with E-state index in [0.29, 0.717) is 25.5 Å². The predicted octanol–water partition coefficient (Wildman–Crippen LogP) is 7.13. The standard InChI is InChI=1S/C29H39NO4/c1-4-6-8-9-10-14-19-30-26-21-24(33-20-7-5-2)17-18-25(26)27(32-3)28(29(30)31)34-22-23-15-12-11-13-16-23/h11-13,15-18,21H,4-10,14,19-20,22H2,1-3H3. The number of ether oxygens (including phenoxy) is 3. The van der Waals surface area contributed by atoms with Crippen LogP contribution >= 0.6 is 0 Å². The van der Waals surface area contributed by atoms with Gasteiger partial charge in [0, 0.05) is 18.0 Å². The van der Waals surface area contributed by atoms with E-state index in [9.17, 15) is 4.79 Å². The van der Waals surface area contributed by atoms with Gasteiger partial charge in [0.1, 0.15) is 12.4 Å². The highest BCUT2D eigenvalue weighted by molar-refractivity contribution is 5.89.